The summed E-state index contributed by atoms with van der Waals surface area (Å²) >= 11 is 0. The van der Waals surface area contributed by atoms with Crippen molar-refractivity contribution in [3.05, 3.63) is 42.5 Å². The minimum absolute atomic E-state index is 0.734. The van der Waals surface area contributed by atoms with Crippen LogP contribution in [0.4, 0.5) is 5.69 Å². The molecule has 0 heterocycles. The van der Waals surface area contributed by atoms with Gasteiger partial charge >= 0.3 is 0 Å². The van der Waals surface area contributed by atoms with Gasteiger partial charge in [0.2, 0.25) is 0 Å². The number of benzene rings is 1. The molecule has 0 amide bonds. The maximum atomic E-state index is 4.55. The molecule has 1 aromatic rings. The highest BCUT2D eigenvalue weighted by Gasteiger charge is 1.97. The Balaban J connectivity index is 2.38. The summed E-state index contributed by atoms with van der Waals surface area (Å²) in [5.74, 6) is 0.861. The van der Waals surface area contributed by atoms with Crippen LogP contribution in [0.2, 0.25) is 0 Å². The predicted molar refractivity (Wildman–Crippen MR) is 93.3 cm³/mol. The lowest BCUT2D eigenvalue weighted by Crippen LogP contribution is -2.37. The Hall–Kier alpha value is -1.97. The first-order chi connectivity index (χ1) is 10.2. The lowest BCUT2D eigenvalue weighted by Gasteiger charge is -2.12. The van der Waals surface area contributed by atoms with E-state index in [-0.39, 0.29) is 0 Å². The summed E-state index contributed by atoms with van der Waals surface area (Å²) in [5, 5.41) is 6.43. The van der Waals surface area contributed by atoms with Crippen LogP contribution in [0.15, 0.2) is 41.9 Å². The highest BCUT2D eigenvalue weighted by Crippen LogP contribution is 2.13. The average Bonchev–Trinajstić information content (AvgIpc) is 2.49. The van der Waals surface area contributed by atoms with Crippen LogP contribution < -0.4 is 15.5 Å². The van der Waals surface area contributed by atoms with E-state index in [2.05, 4.69) is 72.4 Å². The minimum atomic E-state index is 0.734. The van der Waals surface area contributed by atoms with E-state index in [1.165, 1.54) is 11.3 Å². The Morgan fingerprint density at radius 3 is 2.52 bits per heavy atom. The molecule has 0 unspecified atom stereocenters. The molecule has 2 N–H and O–H groups in total. The van der Waals surface area contributed by atoms with Gasteiger partial charge in [-0.25, -0.2) is 0 Å². The number of aryl methyl sites for hydroxylation is 1. The van der Waals surface area contributed by atoms with Gasteiger partial charge in [0.05, 0.1) is 0 Å². The molecule has 0 saturated heterocycles. The zero-order valence-corrected chi connectivity index (χ0v) is 13.5. The highest BCUT2D eigenvalue weighted by molar-refractivity contribution is 5.79. The summed E-state index contributed by atoms with van der Waals surface area (Å²) in [7, 11) is 4.12. The standard InChI is InChI=1S/C17H28N4/c1-5-13-19-17(18-6-2)20-14-7-8-15-9-11-16(12-10-15)21(3)4/h5,9-12H,1,6-8,13-14H2,2-4H3,(H2,18,19,20). The number of rotatable bonds is 8. The van der Waals surface area contributed by atoms with E-state index in [4.69, 9.17) is 0 Å². The van der Waals surface area contributed by atoms with Crippen molar-refractivity contribution < 1.29 is 0 Å². The van der Waals surface area contributed by atoms with Crippen molar-refractivity contribution in [1.82, 2.24) is 10.6 Å². The van der Waals surface area contributed by atoms with Crippen molar-refractivity contribution in [3.8, 4) is 0 Å². The Kier molecular flexibility index (Phi) is 8.02. The van der Waals surface area contributed by atoms with Gasteiger partial charge in [0, 0.05) is 39.4 Å². The number of anilines is 1. The Morgan fingerprint density at radius 1 is 1.24 bits per heavy atom. The van der Waals surface area contributed by atoms with Crippen LogP contribution in [-0.2, 0) is 6.42 Å². The molecule has 0 aliphatic rings. The molecule has 0 spiro atoms. The summed E-state index contributed by atoms with van der Waals surface area (Å²) in [4.78, 5) is 6.66. The second-order valence-corrected chi connectivity index (χ2v) is 5.09. The molecule has 116 valence electrons. The molecular weight excluding hydrogens is 260 g/mol. The number of hydrogen-bond donors (Lipinski definition) is 2. The fraction of sp³-hybridized carbons (Fsp3) is 0.471. The second kappa shape index (κ2) is 9.86. The number of nitrogens with one attached hydrogen (secondary N) is 2. The van der Waals surface area contributed by atoms with E-state index in [9.17, 15) is 0 Å². The zero-order valence-electron chi connectivity index (χ0n) is 13.5. The lowest BCUT2D eigenvalue weighted by atomic mass is 10.1. The van der Waals surface area contributed by atoms with Crippen molar-refractivity contribution in [1.29, 1.82) is 0 Å². The Bertz CT molecular complexity index is 435. The van der Waals surface area contributed by atoms with Crippen molar-refractivity contribution in [2.45, 2.75) is 19.8 Å². The van der Waals surface area contributed by atoms with Crippen LogP contribution in [0.25, 0.3) is 0 Å². The molecule has 0 bridgehead atoms. The lowest BCUT2D eigenvalue weighted by molar-refractivity contribution is 0.802. The van der Waals surface area contributed by atoms with E-state index in [1.807, 2.05) is 6.08 Å². The van der Waals surface area contributed by atoms with Gasteiger partial charge in [-0.3, -0.25) is 4.99 Å². The van der Waals surface area contributed by atoms with Crippen molar-refractivity contribution in [2.75, 3.05) is 38.6 Å². The fourth-order valence-electron chi connectivity index (χ4n) is 1.95. The smallest absolute Gasteiger partial charge is 0.191 e. The van der Waals surface area contributed by atoms with E-state index in [0.29, 0.717) is 0 Å². The summed E-state index contributed by atoms with van der Waals surface area (Å²) in [6.45, 7) is 8.19. The van der Waals surface area contributed by atoms with Gasteiger partial charge in [-0.05, 0) is 37.5 Å². The quantitative estimate of drug-likeness (QED) is 0.334. The molecule has 0 radical (unpaired) electrons. The molecule has 0 saturated carbocycles. The van der Waals surface area contributed by atoms with Gasteiger partial charge in [-0.15, -0.1) is 6.58 Å². The number of guanidine groups is 1. The molecule has 1 aromatic carbocycles. The highest BCUT2D eigenvalue weighted by atomic mass is 15.2. The molecule has 0 atom stereocenters. The molecule has 21 heavy (non-hydrogen) atoms. The van der Waals surface area contributed by atoms with Crippen LogP contribution in [0.3, 0.4) is 0 Å². The maximum absolute atomic E-state index is 4.55. The number of nitrogens with zero attached hydrogens (tertiary/aromatic N) is 2. The number of aliphatic imine (C=N–C) groups is 1. The van der Waals surface area contributed by atoms with E-state index in [1.54, 1.807) is 0 Å². The predicted octanol–water partition coefficient (Wildman–Crippen LogP) is 2.43. The van der Waals surface area contributed by atoms with Crippen LogP contribution in [0, 0.1) is 0 Å². The van der Waals surface area contributed by atoms with Crippen LogP contribution in [0.1, 0.15) is 18.9 Å². The van der Waals surface area contributed by atoms with Crippen molar-refractivity contribution >= 4 is 11.6 Å². The first kappa shape index (κ1) is 17.1. The van der Waals surface area contributed by atoms with Gasteiger partial charge in [0.1, 0.15) is 0 Å². The van der Waals surface area contributed by atoms with E-state index >= 15 is 0 Å². The Morgan fingerprint density at radius 2 is 1.95 bits per heavy atom. The maximum Gasteiger partial charge on any atom is 0.191 e. The van der Waals surface area contributed by atoms with Crippen molar-refractivity contribution in [3.63, 3.8) is 0 Å². The molecule has 0 aromatic heterocycles. The Labute approximate surface area is 129 Å². The third-order valence-electron chi connectivity index (χ3n) is 3.10. The fourth-order valence-corrected chi connectivity index (χ4v) is 1.95. The van der Waals surface area contributed by atoms with Gasteiger partial charge in [-0.1, -0.05) is 18.2 Å². The number of hydrogen-bond acceptors (Lipinski definition) is 2. The summed E-state index contributed by atoms with van der Waals surface area (Å²) in [6, 6.07) is 8.71. The SMILES string of the molecule is C=CCNC(=NCCCc1ccc(N(C)C)cc1)NCC. The normalized spacial score (nSPS) is 11.1. The molecule has 0 aliphatic carbocycles. The molecule has 0 aliphatic heterocycles. The van der Waals surface area contributed by atoms with Gasteiger partial charge in [0.25, 0.3) is 0 Å². The minimum Gasteiger partial charge on any atom is -0.378 e. The van der Waals surface area contributed by atoms with Crippen LogP contribution in [-0.4, -0.2) is 39.7 Å². The summed E-state index contributed by atoms with van der Waals surface area (Å²) < 4.78 is 0. The average molecular weight is 288 g/mol. The summed E-state index contributed by atoms with van der Waals surface area (Å²) in [6.07, 6.45) is 3.93. The molecule has 4 heteroatoms. The van der Waals surface area contributed by atoms with E-state index in [0.717, 1.165) is 38.4 Å². The molecule has 1 rings (SSSR count). The molecule has 4 nitrogen and oxygen atoms in total. The van der Waals surface area contributed by atoms with Crippen molar-refractivity contribution in [2.24, 2.45) is 4.99 Å². The molecular formula is C17H28N4. The van der Waals surface area contributed by atoms with Gasteiger partial charge < -0.3 is 15.5 Å². The monoisotopic (exact) mass is 288 g/mol. The first-order valence-electron chi connectivity index (χ1n) is 7.56. The van der Waals surface area contributed by atoms with Crippen LogP contribution >= 0.6 is 0 Å². The molecule has 0 fully saturated rings. The van der Waals surface area contributed by atoms with Gasteiger partial charge in [-0.2, -0.15) is 0 Å². The third-order valence-corrected chi connectivity index (χ3v) is 3.10. The zero-order chi connectivity index (χ0) is 15.5. The topological polar surface area (TPSA) is 39.7 Å². The first-order valence-corrected chi connectivity index (χ1v) is 7.56. The summed E-state index contributed by atoms with van der Waals surface area (Å²) in [5.41, 5.74) is 2.60. The second-order valence-electron chi connectivity index (χ2n) is 5.09. The van der Waals surface area contributed by atoms with E-state index < -0.39 is 0 Å². The van der Waals surface area contributed by atoms with Gasteiger partial charge in [0.15, 0.2) is 5.96 Å². The third kappa shape index (κ3) is 6.84. The van der Waals surface area contributed by atoms with Crippen LogP contribution in [0.5, 0.6) is 0 Å². The largest absolute Gasteiger partial charge is 0.378 e.